The van der Waals surface area contributed by atoms with Crippen molar-refractivity contribution in [1.29, 1.82) is 0 Å². The van der Waals surface area contributed by atoms with Crippen molar-refractivity contribution in [3.8, 4) is 0 Å². The van der Waals surface area contributed by atoms with Crippen molar-refractivity contribution in [3.63, 3.8) is 0 Å². The molecule has 3 aromatic rings. The number of nitrogens with one attached hydrogen (secondary N) is 1. The van der Waals surface area contributed by atoms with Gasteiger partial charge in [0.15, 0.2) is 5.16 Å². The van der Waals surface area contributed by atoms with E-state index in [2.05, 4.69) is 46.1 Å². The molecule has 1 N–H and O–H groups in total. The van der Waals surface area contributed by atoms with Crippen molar-refractivity contribution in [2.24, 2.45) is 0 Å². The van der Waals surface area contributed by atoms with Gasteiger partial charge in [-0.3, -0.25) is 4.79 Å². The lowest BCUT2D eigenvalue weighted by molar-refractivity contribution is -0.128. The first kappa shape index (κ1) is 17.0. The molecule has 6 heteroatoms. The van der Waals surface area contributed by atoms with Crippen molar-refractivity contribution in [1.82, 2.24) is 14.9 Å². The molecular formula is C20H22N4OS. The highest BCUT2D eigenvalue weighted by atomic mass is 32.2. The third-order valence-electron chi connectivity index (χ3n) is 4.73. The van der Waals surface area contributed by atoms with E-state index in [-0.39, 0.29) is 5.91 Å². The van der Waals surface area contributed by atoms with Gasteiger partial charge >= 0.3 is 0 Å². The van der Waals surface area contributed by atoms with Crippen LogP contribution < -0.4 is 4.90 Å². The van der Waals surface area contributed by atoms with Crippen molar-refractivity contribution in [3.05, 3.63) is 54.1 Å². The van der Waals surface area contributed by atoms with E-state index in [0.29, 0.717) is 5.75 Å². The molecule has 0 atom stereocenters. The van der Waals surface area contributed by atoms with Crippen molar-refractivity contribution in [2.45, 2.75) is 12.1 Å². The fourth-order valence-electron chi connectivity index (χ4n) is 3.19. The molecule has 1 saturated heterocycles. The van der Waals surface area contributed by atoms with Gasteiger partial charge in [-0.05, 0) is 31.2 Å². The number of aryl methyl sites for hydroxylation is 1. The minimum absolute atomic E-state index is 0.180. The Labute approximate surface area is 157 Å². The number of nitrogens with zero attached hydrogens (tertiary/aromatic N) is 3. The van der Waals surface area contributed by atoms with Gasteiger partial charge in [-0.1, -0.05) is 41.6 Å². The maximum atomic E-state index is 12.5. The number of amides is 1. The third kappa shape index (κ3) is 3.70. The highest BCUT2D eigenvalue weighted by molar-refractivity contribution is 7.99. The highest BCUT2D eigenvalue weighted by Crippen LogP contribution is 2.21. The standard InChI is InChI=1S/C20H22N4OS/c1-15-6-8-16(9-7-15)23-10-12-24(13-11-23)19(25)14-26-20-21-17-4-2-3-5-18(17)22-20/h2-9H,10-14H2,1H3,(H,21,22). The van der Waals surface area contributed by atoms with Gasteiger partial charge in [-0.15, -0.1) is 0 Å². The van der Waals surface area contributed by atoms with Crippen LogP contribution in [0.5, 0.6) is 0 Å². The van der Waals surface area contributed by atoms with E-state index in [1.165, 1.54) is 23.0 Å². The van der Waals surface area contributed by atoms with Crippen LogP contribution >= 0.6 is 11.8 Å². The molecule has 5 nitrogen and oxygen atoms in total. The number of aromatic amines is 1. The first-order chi connectivity index (χ1) is 12.7. The Kier molecular flexibility index (Phi) is 4.84. The summed E-state index contributed by atoms with van der Waals surface area (Å²) in [4.78, 5) is 24.6. The summed E-state index contributed by atoms with van der Waals surface area (Å²) < 4.78 is 0. The fourth-order valence-corrected chi connectivity index (χ4v) is 3.98. The van der Waals surface area contributed by atoms with Crippen LogP contribution in [0.15, 0.2) is 53.7 Å². The molecule has 4 rings (SSSR count). The van der Waals surface area contributed by atoms with Gasteiger partial charge < -0.3 is 14.8 Å². The minimum atomic E-state index is 0.180. The van der Waals surface area contributed by atoms with Gasteiger partial charge in [-0.25, -0.2) is 4.98 Å². The maximum absolute atomic E-state index is 12.5. The maximum Gasteiger partial charge on any atom is 0.233 e. The number of anilines is 1. The summed E-state index contributed by atoms with van der Waals surface area (Å²) in [5.74, 6) is 0.601. The number of rotatable bonds is 4. The summed E-state index contributed by atoms with van der Waals surface area (Å²) in [6, 6.07) is 16.5. The summed E-state index contributed by atoms with van der Waals surface area (Å²) in [6.45, 7) is 5.40. The van der Waals surface area contributed by atoms with E-state index in [1.807, 2.05) is 29.2 Å². The highest BCUT2D eigenvalue weighted by Gasteiger charge is 2.21. The molecule has 2 aromatic carbocycles. The molecular weight excluding hydrogens is 344 g/mol. The molecule has 1 aliphatic rings. The van der Waals surface area contributed by atoms with E-state index in [0.717, 1.165) is 42.4 Å². The van der Waals surface area contributed by atoms with Crippen molar-refractivity contribution >= 4 is 34.4 Å². The van der Waals surface area contributed by atoms with Crippen LogP contribution in [0.4, 0.5) is 5.69 Å². The SMILES string of the molecule is Cc1ccc(N2CCN(C(=O)CSc3nc4ccccc4[nH]3)CC2)cc1. The van der Waals surface area contributed by atoms with Crippen LogP contribution in [0.25, 0.3) is 11.0 Å². The Hall–Kier alpha value is -2.47. The molecule has 1 fully saturated rings. The topological polar surface area (TPSA) is 52.2 Å². The number of H-pyrrole nitrogens is 1. The van der Waals surface area contributed by atoms with Gasteiger partial charge in [0.1, 0.15) is 0 Å². The van der Waals surface area contributed by atoms with Crippen LogP contribution in [0, 0.1) is 6.92 Å². The summed E-state index contributed by atoms with van der Waals surface area (Å²) >= 11 is 1.48. The Balaban J connectivity index is 1.30. The number of carbonyl (C=O) groups excluding carboxylic acids is 1. The Morgan fingerprint density at radius 2 is 1.81 bits per heavy atom. The number of piperazine rings is 1. The molecule has 1 amide bonds. The zero-order valence-electron chi connectivity index (χ0n) is 14.8. The molecule has 0 spiro atoms. The second-order valence-corrected chi connectivity index (χ2v) is 7.52. The van der Waals surface area contributed by atoms with E-state index in [4.69, 9.17) is 0 Å². The largest absolute Gasteiger partial charge is 0.368 e. The predicted molar refractivity (Wildman–Crippen MR) is 107 cm³/mol. The molecule has 1 aromatic heterocycles. The number of hydrogen-bond acceptors (Lipinski definition) is 4. The lowest BCUT2D eigenvalue weighted by Crippen LogP contribution is -2.49. The zero-order chi connectivity index (χ0) is 17.9. The number of fused-ring (bicyclic) bond motifs is 1. The van der Waals surface area contributed by atoms with E-state index < -0.39 is 0 Å². The second-order valence-electron chi connectivity index (χ2n) is 6.55. The van der Waals surface area contributed by atoms with Gasteiger partial charge in [0.25, 0.3) is 0 Å². The molecule has 26 heavy (non-hydrogen) atoms. The average molecular weight is 366 g/mol. The average Bonchev–Trinajstić information content (AvgIpc) is 3.10. The summed E-state index contributed by atoms with van der Waals surface area (Å²) in [6.07, 6.45) is 0. The predicted octanol–water partition coefficient (Wildman–Crippen LogP) is 3.31. The smallest absolute Gasteiger partial charge is 0.233 e. The molecule has 2 heterocycles. The number of hydrogen-bond donors (Lipinski definition) is 1. The number of para-hydroxylation sites is 2. The molecule has 134 valence electrons. The lowest BCUT2D eigenvalue weighted by Gasteiger charge is -2.36. The first-order valence-corrected chi connectivity index (χ1v) is 9.84. The van der Waals surface area contributed by atoms with Gasteiger partial charge in [0, 0.05) is 31.9 Å². The summed E-state index contributed by atoms with van der Waals surface area (Å²) in [5, 5.41) is 0.804. The molecule has 0 radical (unpaired) electrons. The quantitative estimate of drug-likeness (QED) is 0.720. The minimum Gasteiger partial charge on any atom is -0.368 e. The number of benzene rings is 2. The summed E-state index contributed by atoms with van der Waals surface area (Å²) in [5.41, 5.74) is 4.45. The zero-order valence-corrected chi connectivity index (χ0v) is 15.6. The third-order valence-corrected chi connectivity index (χ3v) is 5.59. The Morgan fingerprint density at radius 3 is 2.54 bits per heavy atom. The van der Waals surface area contributed by atoms with Gasteiger partial charge in [-0.2, -0.15) is 0 Å². The van der Waals surface area contributed by atoms with Crippen LogP contribution in [0.1, 0.15) is 5.56 Å². The van der Waals surface area contributed by atoms with E-state index >= 15 is 0 Å². The number of aromatic nitrogens is 2. The van der Waals surface area contributed by atoms with Crippen LogP contribution in [0.2, 0.25) is 0 Å². The van der Waals surface area contributed by atoms with E-state index in [1.54, 1.807) is 0 Å². The second kappa shape index (κ2) is 7.41. The monoisotopic (exact) mass is 366 g/mol. The summed E-state index contributed by atoms with van der Waals surface area (Å²) in [7, 11) is 0. The fraction of sp³-hybridized carbons (Fsp3) is 0.300. The number of carbonyl (C=O) groups is 1. The van der Waals surface area contributed by atoms with Gasteiger partial charge in [0.2, 0.25) is 5.91 Å². The molecule has 1 aliphatic heterocycles. The first-order valence-electron chi connectivity index (χ1n) is 8.86. The van der Waals surface area contributed by atoms with Crippen LogP contribution in [-0.4, -0.2) is 52.7 Å². The molecule has 0 saturated carbocycles. The van der Waals surface area contributed by atoms with E-state index in [9.17, 15) is 4.79 Å². The van der Waals surface area contributed by atoms with Crippen LogP contribution in [-0.2, 0) is 4.79 Å². The van der Waals surface area contributed by atoms with Crippen molar-refractivity contribution in [2.75, 3.05) is 36.8 Å². The normalized spacial score (nSPS) is 14.8. The number of thioether (sulfide) groups is 1. The lowest BCUT2D eigenvalue weighted by atomic mass is 10.2. The van der Waals surface area contributed by atoms with Gasteiger partial charge in [0.05, 0.1) is 16.8 Å². The van der Waals surface area contributed by atoms with Crippen molar-refractivity contribution < 1.29 is 4.79 Å². The molecule has 0 aliphatic carbocycles. The number of imidazole rings is 1. The Morgan fingerprint density at radius 1 is 1.08 bits per heavy atom. The Bertz CT molecular complexity index is 865. The van der Waals surface area contributed by atoms with Crippen LogP contribution in [0.3, 0.4) is 0 Å². The molecule has 0 unspecified atom stereocenters. The molecule has 0 bridgehead atoms.